The standard InChI is InChI=1S/C9H13F2NS/c1-2-5-12-8(9(10)11)7-4-3-6-13-7/h3-4,6,8-9,12H,2,5H2,1H3. The normalized spacial score (nSPS) is 13.5. The fourth-order valence-electron chi connectivity index (χ4n) is 1.08. The van der Waals surface area contributed by atoms with E-state index in [4.69, 9.17) is 0 Å². The number of halogens is 2. The van der Waals surface area contributed by atoms with Crippen LogP contribution in [-0.4, -0.2) is 13.0 Å². The third-order valence-electron chi connectivity index (χ3n) is 1.72. The molecule has 1 atom stereocenters. The van der Waals surface area contributed by atoms with E-state index >= 15 is 0 Å². The zero-order valence-corrected chi connectivity index (χ0v) is 8.28. The molecule has 0 aliphatic rings. The van der Waals surface area contributed by atoms with Gasteiger partial charge in [0.1, 0.15) is 6.04 Å². The van der Waals surface area contributed by atoms with Crippen molar-refractivity contribution in [3.63, 3.8) is 0 Å². The molecule has 1 unspecified atom stereocenters. The minimum Gasteiger partial charge on any atom is -0.305 e. The van der Waals surface area contributed by atoms with Crippen molar-refractivity contribution in [2.75, 3.05) is 6.54 Å². The minimum atomic E-state index is -2.33. The summed E-state index contributed by atoms with van der Waals surface area (Å²) >= 11 is 1.37. The quantitative estimate of drug-likeness (QED) is 0.779. The smallest absolute Gasteiger partial charge is 0.258 e. The minimum absolute atomic E-state index is 0.632. The summed E-state index contributed by atoms with van der Waals surface area (Å²) in [5.74, 6) is 0. The largest absolute Gasteiger partial charge is 0.305 e. The molecule has 1 heterocycles. The van der Waals surface area contributed by atoms with E-state index in [9.17, 15) is 8.78 Å². The van der Waals surface area contributed by atoms with Crippen LogP contribution in [0.2, 0.25) is 0 Å². The highest BCUT2D eigenvalue weighted by molar-refractivity contribution is 7.10. The zero-order valence-electron chi connectivity index (χ0n) is 7.47. The van der Waals surface area contributed by atoms with E-state index in [1.54, 1.807) is 12.1 Å². The number of alkyl halides is 2. The van der Waals surface area contributed by atoms with Gasteiger partial charge >= 0.3 is 0 Å². The Hall–Kier alpha value is -0.480. The van der Waals surface area contributed by atoms with E-state index in [-0.39, 0.29) is 0 Å². The van der Waals surface area contributed by atoms with Crippen molar-refractivity contribution in [1.29, 1.82) is 0 Å². The van der Waals surface area contributed by atoms with Crippen molar-refractivity contribution < 1.29 is 8.78 Å². The van der Waals surface area contributed by atoms with Crippen LogP contribution in [0.3, 0.4) is 0 Å². The van der Waals surface area contributed by atoms with Gasteiger partial charge in [-0.1, -0.05) is 13.0 Å². The Morgan fingerprint density at radius 2 is 2.31 bits per heavy atom. The molecule has 1 aromatic rings. The van der Waals surface area contributed by atoms with E-state index in [0.29, 0.717) is 11.4 Å². The van der Waals surface area contributed by atoms with E-state index in [0.717, 1.165) is 6.42 Å². The van der Waals surface area contributed by atoms with Crippen LogP contribution >= 0.6 is 11.3 Å². The molecule has 13 heavy (non-hydrogen) atoms. The van der Waals surface area contributed by atoms with Gasteiger partial charge in [-0.25, -0.2) is 8.78 Å². The lowest BCUT2D eigenvalue weighted by Crippen LogP contribution is -2.27. The van der Waals surface area contributed by atoms with E-state index < -0.39 is 12.5 Å². The molecular weight excluding hydrogens is 192 g/mol. The fourth-order valence-corrected chi connectivity index (χ4v) is 1.89. The first-order valence-corrected chi connectivity index (χ1v) is 5.18. The molecule has 74 valence electrons. The van der Waals surface area contributed by atoms with Crippen LogP contribution in [0.1, 0.15) is 24.3 Å². The molecular formula is C9H13F2NS. The van der Waals surface area contributed by atoms with E-state index in [1.807, 2.05) is 12.3 Å². The maximum Gasteiger partial charge on any atom is 0.258 e. The SMILES string of the molecule is CCCNC(c1cccs1)C(F)F. The van der Waals surface area contributed by atoms with E-state index in [1.165, 1.54) is 11.3 Å². The Morgan fingerprint density at radius 3 is 2.77 bits per heavy atom. The molecule has 0 aromatic carbocycles. The molecule has 4 heteroatoms. The van der Waals surface area contributed by atoms with Gasteiger partial charge in [-0.3, -0.25) is 0 Å². The first-order valence-electron chi connectivity index (χ1n) is 4.30. The third-order valence-corrected chi connectivity index (χ3v) is 2.67. The monoisotopic (exact) mass is 205 g/mol. The van der Waals surface area contributed by atoms with Crippen molar-refractivity contribution in [2.45, 2.75) is 25.8 Å². The molecule has 0 saturated carbocycles. The highest BCUT2D eigenvalue weighted by Crippen LogP contribution is 2.24. The topological polar surface area (TPSA) is 12.0 Å². The van der Waals surface area contributed by atoms with Crippen LogP contribution in [0.15, 0.2) is 17.5 Å². The predicted octanol–water partition coefficient (Wildman–Crippen LogP) is 3.05. The molecule has 1 nitrogen and oxygen atoms in total. The van der Waals surface area contributed by atoms with Crippen LogP contribution in [0.5, 0.6) is 0 Å². The van der Waals surface area contributed by atoms with Crippen molar-refractivity contribution in [3.05, 3.63) is 22.4 Å². The summed E-state index contributed by atoms with van der Waals surface area (Å²) in [5, 5.41) is 4.65. The van der Waals surface area contributed by atoms with E-state index in [2.05, 4.69) is 5.32 Å². The van der Waals surface area contributed by atoms with Crippen molar-refractivity contribution in [2.24, 2.45) is 0 Å². The molecule has 0 bridgehead atoms. The lowest BCUT2D eigenvalue weighted by molar-refractivity contribution is 0.100. The molecule has 0 spiro atoms. The Morgan fingerprint density at radius 1 is 1.54 bits per heavy atom. The summed E-state index contributed by atoms with van der Waals surface area (Å²) in [6.45, 7) is 2.59. The molecule has 1 aromatic heterocycles. The van der Waals surface area contributed by atoms with Gasteiger partial charge in [0.05, 0.1) is 0 Å². The summed E-state index contributed by atoms with van der Waals surface area (Å²) in [6.07, 6.45) is -1.46. The molecule has 0 fully saturated rings. The van der Waals surface area contributed by atoms with Crippen molar-refractivity contribution >= 4 is 11.3 Å². The van der Waals surface area contributed by atoms with Crippen molar-refractivity contribution in [3.8, 4) is 0 Å². The summed E-state index contributed by atoms with van der Waals surface area (Å²) in [6, 6.07) is 2.74. The zero-order chi connectivity index (χ0) is 9.68. The van der Waals surface area contributed by atoms with Crippen LogP contribution in [0, 0.1) is 0 Å². The van der Waals surface area contributed by atoms with Gasteiger partial charge in [-0.15, -0.1) is 11.3 Å². The second-order valence-electron chi connectivity index (χ2n) is 2.78. The highest BCUT2D eigenvalue weighted by Gasteiger charge is 2.21. The molecule has 1 rings (SSSR count). The summed E-state index contributed by atoms with van der Waals surface area (Å²) in [5.41, 5.74) is 0. The number of rotatable bonds is 5. The maximum absolute atomic E-state index is 12.5. The lowest BCUT2D eigenvalue weighted by atomic mass is 10.2. The van der Waals surface area contributed by atoms with Gasteiger partial charge in [0.25, 0.3) is 6.43 Å². The summed E-state index contributed by atoms with van der Waals surface area (Å²) in [7, 11) is 0. The Bertz CT molecular complexity index is 224. The molecule has 0 amide bonds. The number of thiophene rings is 1. The number of hydrogen-bond acceptors (Lipinski definition) is 2. The Kier molecular flexibility index (Phi) is 4.32. The van der Waals surface area contributed by atoms with Crippen LogP contribution in [0.4, 0.5) is 8.78 Å². The molecule has 0 aliphatic heterocycles. The number of nitrogens with one attached hydrogen (secondary N) is 1. The van der Waals surface area contributed by atoms with Crippen LogP contribution in [-0.2, 0) is 0 Å². The molecule has 1 N–H and O–H groups in total. The maximum atomic E-state index is 12.5. The fraction of sp³-hybridized carbons (Fsp3) is 0.556. The second-order valence-corrected chi connectivity index (χ2v) is 3.76. The van der Waals surface area contributed by atoms with Crippen molar-refractivity contribution in [1.82, 2.24) is 5.32 Å². The Balaban J connectivity index is 2.58. The average molecular weight is 205 g/mol. The first-order chi connectivity index (χ1) is 6.25. The summed E-state index contributed by atoms with van der Waals surface area (Å²) < 4.78 is 25.1. The third kappa shape index (κ3) is 3.04. The number of hydrogen-bond donors (Lipinski definition) is 1. The van der Waals surface area contributed by atoms with Gasteiger partial charge in [0.15, 0.2) is 0 Å². The lowest BCUT2D eigenvalue weighted by Gasteiger charge is -2.15. The van der Waals surface area contributed by atoms with Gasteiger partial charge in [-0.2, -0.15) is 0 Å². The molecule has 0 aliphatic carbocycles. The van der Waals surface area contributed by atoms with Gasteiger partial charge in [0.2, 0.25) is 0 Å². The predicted molar refractivity (Wildman–Crippen MR) is 51.4 cm³/mol. The molecule has 0 saturated heterocycles. The van der Waals surface area contributed by atoms with Gasteiger partial charge in [0, 0.05) is 4.88 Å². The van der Waals surface area contributed by atoms with Crippen LogP contribution < -0.4 is 5.32 Å². The van der Waals surface area contributed by atoms with Crippen LogP contribution in [0.25, 0.3) is 0 Å². The summed E-state index contributed by atoms with van der Waals surface area (Å²) in [4.78, 5) is 0.712. The average Bonchev–Trinajstić information content (AvgIpc) is 2.57. The van der Waals surface area contributed by atoms with Gasteiger partial charge < -0.3 is 5.32 Å². The highest BCUT2D eigenvalue weighted by atomic mass is 32.1. The van der Waals surface area contributed by atoms with Gasteiger partial charge in [-0.05, 0) is 24.4 Å². The first kappa shape index (κ1) is 10.6. The Labute approximate surface area is 80.8 Å². The second kappa shape index (κ2) is 5.29. The molecule has 0 radical (unpaired) electrons.